The van der Waals surface area contributed by atoms with Gasteiger partial charge in [0.1, 0.15) is 11.0 Å². The van der Waals surface area contributed by atoms with Crippen LogP contribution in [0.3, 0.4) is 0 Å². The average Bonchev–Trinajstić information content (AvgIpc) is 2.26. The first kappa shape index (κ1) is 13.4. The second kappa shape index (κ2) is 5.32. The zero-order valence-electron chi connectivity index (χ0n) is 10.4. The standard InChI is InChI=1S/C13H11ClFN3O/c1-7-3-4-9(10(15)5-7)12(19)18-13-16-8(2)6-11(14)17-13/h3-6H,1-2H3,(H,16,17,18,19). The SMILES string of the molecule is Cc1ccc(C(=O)Nc2nc(C)cc(Cl)n2)c(F)c1. The molecule has 19 heavy (non-hydrogen) atoms. The highest BCUT2D eigenvalue weighted by Gasteiger charge is 2.13. The molecule has 0 aliphatic heterocycles. The van der Waals surface area contributed by atoms with Crippen molar-refractivity contribution < 1.29 is 9.18 Å². The van der Waals surface area contributed by atoms with E-state index < -0.39 is 11.7 Å². The molecular formula is C13H11ClFN3O. The van der Waals surface area contributed by atoms with Crippen molar-refractivity contribution in [3.8, 4) is 0 Å². The lowest BCUT2D eigenvalue weighted by Gasteiger charge is -2.06. The van der Waals surface area contributed by atoms with Gasteiger partial charge in [-0.1, -0.05) is 17.7 Å². The van der Waals surface area contributed by atoms with E-state index in [9.17, 15) is 9.18 Å². The predicted octanol–water partition coefficient (Wildman–Crippen LogP) is 3.14. The van der Waals surface area contributed by atoms with Crippen molar-refractivity contribution in [2.24, 2.45) is 0 Å². The number of benzene rings is 1. The summed E-state index contributed by atoms with van der Waals surface area (Å²) in [5.41, 5.74) is 1.29. The number of nitrogens with one attached hydrogen (secondary N) is 1. The first-order valence-electron chi connectivity index (χ1n) is 5.54. The smallest absolute Gasteiger partial charge is 0.260 e. The molecule has 4 nitrogen and oxygen atoms in total. The Morgan fingerprint density at radius 1 is 1.26 bits per heavy atom. The van der Waals surface area contributed by atoms with Crippen molar-refractivity contribution in [2.45, 2.75) is 13.8 Å². The molecule has 0 saturated heterocycles. The molecule has 0 spiro atoms. The lowest BCUT2D eigenvalue weighted by atomic mass is 10.1. The number of aromatic nitrogens is 2. The Hall–Kier alpha value is -2.01. The van der Waals surface area contributed by atoms with Crippen LogP contribution in [0.15, 0.2) is 24.3 Å². The van der Waals surface area contributed by atoms with E-state index in [-0.39, 0.29) is 16.7 Å². The Morgan fingerprint density at radius 2 is 2.00 bits per heavy atom. The number of carbonyl (C=O) groups is 1. The van der Waals surface area contributed by atoms with Crippen LogP contribution in [0, 0.1) is 19.7 Å². The number of carbonyl (C=O) groups excluding carboxylic acids is 1. The molecule has 0 atom stereocenters. The van der Waals surface area contributed by atoms with Crippen LogP contribution in [0.2, 0.25) is 5.15 Å². The van der Waals surface area contributed by atoms with E-state index in [0.717, 1.165) is 5.56 Å². The summed E-state index contributed by atoms with van der Waals surface area (Å²) in [7, 11) is 0. The zero-order valence-corrected chi connectivity index (χ0v) is 11.1. The van der Waals surface area contributed by atoms with Gasteiger partial charge in [0, 0.05) is 5.69 Å². The normalized spacial score (nSPS) is 10.3. The van der Waals surface area contributed by atoms with Gasteiger partial charge in [-0.15, -0.1) is 0 Å². The van der Waals surface area contributed by atoms with Crippen molar-refractivity contribution in [2.75, 3.05) is 5.32 Å². The summed E-state index contributed by atoms with van der Waals surface area (Å²) in [6.07, 6.45) is 0. The van der Waals surface area contributed by atoms with Crippen LogP contribution in [0.1, 0.15) is 21.6 Å². The fourth-order valence-electron chi connectivity index (χ4n) is 1.56. The fourth-order valence-corrected chi connectivity index (χ4v) is 1.80. The van der Waals surface area contributed by atoms with Gasteiger partial charge >= 0.3 is 0 Å². The minimum absolute atomic E-state index is 0.0509. The second-order valence-electron chi connectivity index (χ2n) is 4.09. The highest BCUT2D eigenvalue weighted by atomic mass is 35.5. The third kappa shape index (κ3) is 3.26. The van der Waals surface area contributed by atoms with Crippen molar-refractivity contribution in [1.29, 1.82) is 0 Å². The number of hydrogen-bond acceptors (Lipinski definition) is 3. The molecule has 0 aliphatic carbocycles. The Morgan fingerprint density at radius 3 is 2.63 bits per heavy atom. The minimum atomic E-state index is -0.612. The van der Waals surface area contributed by atoms with E-state index in [4.69, 9.17) is 11.6 Å². The first-order valence-corrected chi connectivity index (χ1v) is 5.92. The summed E-state index contributed by atoms with van der Waals surface area (Å²) < 4.78 is 13.6. The topological polar surface area (TPSA) is 54.9 Å². The van der Waals surface area contributed by atoms with Gasteiger partial charge in [0.15, 0.2) is 0 Å². The Labute approximate surface area is 114 Å². The van der Waals surface area contributed by atoms with E-state index in [1.807, 2.05) is 0 Å². The molecule has 0 bridgehead atoms. The number of amides is 1. The zero-order chi connectivity index (χ0) is 14.0. The molecule has 1 amide bonds. The van der Waals surface area contributed by atoms with Crippen molar-refractivity contribution in [3.05, 3.63) is 52.1 Å². The largest absolute Gasteiger partial charge is 0.290 e. The summed E-state index contributed by atoms with van der Waals surface area (Å²) >= 11 is 5.76. The van der Waals surface area contributed by atoms with E-state index in [1.165, 1.54) is 12.1 Å². The average molecular weight is 280 g/mol. The van der Waals surface area contributed by atoms with Crippen molar-refractivity contribution in [3.63, 3.8) is 0 Å². The van der Waals surface area contributed by atoms with Gasteiger partial charge in [0.25, 0.3) is 5.91 Å². The Bertz CT molecular complexity index is 626. The number of aryl methyl sites for hydroxylation is 2. The molecule has 1 aromatic heterocycles. The van der Waals surface area contributed by atoms with Gasteiger partial charge in [-0.2, -0.15) is 0 Å². The third-order valence-electron chi connectivity index (χ3n) is 2.42. The lowest BCUT2D eigenvalue weighted by Crippen LogP contribution is -2.16. The molecule has 1 heterocycles. The fraction of sp³-hybridized carbons (Fsp3) is 0.154. The second-order valence-corrected chi connectivity index (χ2v) is 4.48. The monoisotopic (exact) mass is 279 g/mol. The number of rotatable bonds is 2. The van der Waals surface area contributed by atoms with E-state index in [1.54, 1.807) is 26.0 Å². The number of halogens is 2. The third-order valence-corrected chi connectivity index (χ3v) is 2.61. The first-order chi connectivity index (χ1) is 8.95. The number of hydrogen-bond donors (Lipinski definition) is 1. The van der Waals surface area contributed by atoms with Crippen LogP contribution in [0.4, 0.5) is 10.3 Å². The Balaban J connectivity index is 2.25. The quantitative estimate of drug-likeness (QED) is 0.859. The van der Waals surface area contributed by atoms with Gasteiger partial charge in [0.05, 0.1) is 5.56 Å². The van der Waals surface area contributed by atoms with E-state index in [0.29, 0.717) is 5.69 Å². The molecule has 1 N–H and O–H groups in total. The maximum Gasteiger partial charge on any atom is 0.260 e. The highest BCUT2D eigenvalue weighted by Crippen LogP contribution is 2.13. The van der Waals surface area contributed by atoms with Gasteiger partial charge < -0.3 is 0 Å². The van der Waals surface area contributed by atoms with E-state index >= 15 is 0 Å². The predicted molar refractivity (Wildman–Crippen MR) is 70.9 cm³/mol. The molecule has 2 aromatic rings. The van der Waals surface area contributed by atoms with Crippen LogP contribution >= 0.6 is 11.6 Å². The van der Waals surface area contributed by atoms with Gasteiger partial charge in [-0.3, -0.25) is 10.1 Å². The Kier molecular flexibility index (Phi) is 3.76. The summed E-state index contributed by atoms with van der Waals surface area (Å²) in [6.45, 7) is 3.46. The molecule has 98 valence electrons. The molecule has 0 saturated carbocycles. The highest BCUT2D eigenvalue weighted by molar-refractivity contribution is 6.29. The van der Waals surface area contributed by atoms with Crippen LogP contribution < -0.4 is 5.32 Å². The lowest BCUT2D eigenvalue weighted by molar-refractivity contribution is 0.102. The number of nitrogens with zero attached hydrogens (tertiary/aromatic N) is 2. The minimum Gasteiger partial charge on any atom is -0.290 e. The molecule has 0 aliphatic rings. The van der Waals surface area contributed by atoms with Gasteiger partial charge in [-0.05, 0) is 37.6 Å². The maximum absolute atomic E-state index is 13.6. The van der Waals surface area contributed by atoms with Crippen molar-refractivity contribution in [1.82, 2.24) is 9.97 Å². The summed E-state index contributed by atoms with van der Waals surface area (Å²) in [6, 6.07) is 5.92. The molecular weight excluding hydrogens is 269 g/mol. The van der Waals surface area contributed by atoms with Crippen LogP contribution in [-0.4, -0.2) is 15.9 Å². The van der Waals surface area contributed by atoms with Crippen LogP contribution in [0.25, 0.3) is 0 Å². The van der Waals surface area contributed by atoms with E-state index in [2.05, 4.69) is 15.3 Å². The number of anilines is 1. The molecule has 1 aromatic carbocycles. The molecule has 0 fully saturated rings. The molecule has 2 rings (SSSR count). The van der Waals surface area contributed by atoms with Gasteiger partial charge in [-0.25, -0.2) is 14.4 Å². The van der Waals surface area contributed by atoms with Gasteiger partial charge in [0.2, 0.25) is 5.95 Å². The summed E-state index contributed by atoms with van der Waals surface area (Å²) in [5, 5.41) is 2.63. The van der Waals surface area contributed by atoms with Crippen LogP contribution in [0.5, 0.6) is 0 Å². The maximum atomic E-state index is 13.6. The van der Waals surface area contributed by atoms with Crippen molar-refractivity contribution >= 4 is 23.5 Å². The summed E-state index contributed by atoms with van der Waals surface area (Å²) in [5.74, 6) is -1.15. The summed E-state index contributed by atoms with van der Waals surface area (Å²) in [4.78, 5) is 19.7. The molecule has 0 unspecified atom stereocenters. The van der Waals surface area contributed by atoms with Crippen LogP contribution in [-0.2, 0) is 0 Å². The molecule has 6 heteroatoms. The molecule has 0 radical (unpaired) electrons.